The molecule has 0 amide bonds. The summed E-state index contributed by atoms with van der Waals surface area (Å²) in [5.74, 6) is 0. The minimum absolute atomic E-state index is 0.905. The van der Waals surface area contributed by atoms with E-state index >= 15 is 0 Å². The molecule has 0 radical (unpaired) electrons. The Balaban J connectivity index is 1.02. The van der Waals surface area contributed by atoms with Crippen LogP contribution in [0, 0.1) is 0 Å². The highest BCUT2D eigenvalue weighted by molar-refractivity contribution is 7.26. The zero-order valence-corrected chi connectivity index (χ0v) is 31.4. The third-order valence-electron chi connectivity index (χ3n) is 12.1. The van der Waals surface area contributed by atoms with Crippen LogP contribution in [-0.4, -0.2) is 0 Å². The summed E-state index contributed by atoms with van der Waals surface area (Å²) in [6.45, 7) is 0. The SMILES string of the molecule is c1ccc2cc(-c3coc4cc5c(cc34)sc3cc(-c4c6ccccc6c(-c6cccc7oc8c9ccccc9ccc8c67)c6ccccc46)ccc35)ccc2c1. The van der Waals surface area contributed by atoms with Crippen molar-refractivity contribution >= 4 is 108 Å². The van der Waals surface area contributed by atoms with E-state index in [1.807, 2.05) is 17.6 Å². The lowest BCUT2D eigenvalue weighted by molar-refractivity contribution is 0.617. The van der Waals surface area contributed by atoms with Crippen LogP contribution < -0.4 is 0 Å². The van der Waals surface area contributed by atoms with Crippen molar-refractivity contribution in [2.75, 3.05) is 0 Å². The Morgan fingerprint density at radius 2 is 1.00 bits per heavy atom. The van der Waals surface area contributed by atoms with Gasteiger partial charge in [0, 0.05) is 47.3 Å². The fraction of sp³-hybridized carbons (Fsp3) is 0. The van der Waals surface area contributed by atoms with Gasteiger partial charge in [0.15, 0.2) is 0 Å². The van der Waals surface area contributed by atoms with Gasteiger partial charge in [-0.05, 0) is 102 Å². The van der Waals surface area contributed by atoms with Gasteiger partial charge in [0.05, 0.1) is 6.26 Å². The molecule has 0 bridgehead atoms. The van der Waals surface area contributed by atoms with E-state index in [4.69, 9.17) is 8.83 Å². The van der Waals surface area contributed by atoms with Crippen LogP contribution in [0.15, 0.2) is 191 Å². The Morgan fingerprint density at radius 1 is 0.351 bits per heavy atom. The van der Waals surface area contributed by atoms with Gasteiger partial charge in [-0.15, -0.1) is 11.3 Å². The average Bonchev–Trinajstić information content (AvgIpc) is 3.97. The van der Waals surface area contributed by atoms with Crippen LogP contribution in [0.4, 0.5) is 0 Å². The Morgan fingerprint density at radius 3 is 1.81 bits per heavy atom. The van der Waals surface area contributed by atoms with Crippen molar-refractivity contribution in [2.24, 2.45) is 0 Å². The molecule has 3 aromatic heterocycles. The molecule has 13 aromatic rings. The summed E-state index contributed by atoms with van der Waals surface area (Å²) in [4.78, 5) is 0. The van der Waals surface area contributed by atoms with Gasteiger partial charge in [0.25, 0.3) is 0 Å². The minimum Gasteiger partial charge on any atom is -0.464 e. The first kappa shape index (κ1) is 31.1. The zero-order valence-electron chi connectivity index (χ0n) is 30.5. The van der Waals surface area contributed by atoms with E-state index in [0.717, 1.165) is 43.9 Å². The molecule has 3 heterocycles. The van der Waals surface area contributed by atoms with Crippen LogP contribution in [-0.2, 0) is 0 Å². The van der Waals surface area contributed by atoms with Crippen LogP contribution in [0.1, 0.15) is 0 Å². The van der Waals surface area contributed by atoms with Gasteiger partial charge in [-0.25, -0.2) is 0 Å². The van der Waals surface area contributed by atoms with Gasteiger partial charge in [-0.3, -0.25) is 0 Å². The largest absolute Gasteiger partial charge is 0.464 e. The molecular formula is C54H30O2S. The van der Waals surface area contributed by atoms with Crippen molar-refractivity contribution in [2.45, 2.75) is 0 Å². The topological polar surface area (TPSA) is 26.3 Å². The predicted molar refractivity (Wildman–Crippen MR) is 243 cm³/mol. The summed E-state index contributed by atoms with van der Waals surface area (Å²) in [6, 6.07) is 64.0. The van der Waals surface area contributed by atoms with Crippen molar-refractivity contribution in [3.05, 3.63) is 182 Å². The lowest BCUT2D eigenvalue weighted by Crippen LogP contribution is -1.91. The molecule has 0 saturated heterocycles. The maximum absolute atomic E-state index is 6.67. The first-order chi connectivity index (χ1) is 28.2. The van der Waals surface area contributed by atoms with E-state index in [1.54, 1.807) is 0 Å². The number of rotatable bonds is 3. The highest BCUT2D eigenvalue weighted by Gasteiger charge is 2.22. The summed E-state index contributed by atoms with van der Waals surface area (Å²) in [7, 11) is 0. The lowest BCUT2D eigenvalue weighted by atomic mass is 9.85. The van der Waals surface area contributed by atoms with Gasteiger partial charge in [-0.1, -0.05) is 140 Å². The second-order valence-electron chi connectivity index (χ2n) is 15.2. The van der Waals surface area contributed by atoms with Crippen LogP contribution in [0.5, 0.6) is 0 Å². The Kier molecular flexibility index (Phi) is 6.35. The Hall–Kier alpha value is -7.20. The molecule has 0 atom stereocenters. The maximum Gasteiger partial charge on any atom is 0.143 e. The molecule has 0 aliphatic rings. The van der Waals surface area contributed by atoms with Crippen LogP contribution >= 0.6 is 11.3 Å². The van der Waals surface area contributed by atoms with Gasteiger partial charge >= 0.3 is 0 Å². The number of thiophene rings is 1. The quantitative estimate of drug-likeness (QED) is 0.169. The van der Waals surface area contributed by atoms with Crippen molar-refractivity contribution < 1.29 is 8.83 Å². The number of fused-ring (bicyclic) bond motifs is 12. The first-order valence-electron chi connectivity index (χ1n) is 19.4. The Labute approximate surface area is 330 Å². The zero-order chi connectivity index (χ0) is 37.2. The molecule has 0 spiro atoms. The summed E-state index contributed by atoms with van der Waals surface area (Å²) >= 11 is 1.86. The molecule has 0 aliphatic carbocycles. The fourth-order valence-corrected chi connectivity index (χ4v) is 10.7. The molecular weight excluding hydrogens is 713 g/mol. The summed E-state index contributed by atoms with van der Waals surface area (Å²) in [5, 5.41) is 15.6. The van der Waals surface area contributed by atoms with E-state index in [-0.39, 0.29) is 0 Å². The molecule has 0 fully saturated rings. The number of hydrogen-bond donors (Lipinski definition) is 0. The predicted octanol–water partition coefficient (Wildman–Crippen LogP) is 16.3. The standard InChI is InChI=1S/C54H30O2S/c1-2-12-33-26-34(21-20-31(33)10-1)46-30-55-48-28-45-37-24-23-35(27-49(37)57-50(45)29-44(46)48)51-38-14-5-7-16-40(38)52(41-17-8-6-15-39(41)51)42-18-9-19-47-53(42)43-25-22-32-11-3-4-13-36(32)54(43)56-47/h1-30H. The van der Waals surface area contributed by atoms with Gasteiger partial charge in [0.1, 0.15) is 16.7 Å². The van der Waals surface area contributed by atoms with Crippen LogP contribution in [0.25, 0.3) is 130 Å². The Bertz CT molecular complexity index is 3760. The monoisotopic (exact) mass is 742 g/mol. The molecule has 0 saturated carbocycles. The van der Waals surface area contributed by atoms with Crippen LogP contribution in [0.3, 0.4) is 0 Å². The number of benzene rings is 10. The minimum atomic E-state index is 0.905. The third-order valence-corrected chi connectivity index (χ3v) is 13.2. The van der Waals surface area contributed by atoms with E-state index in [2.05, 4.69) is 176 Å². The average molecular weight is 743 g/mol. The van der Waals surface area contributed by atoms with E-state index in [1.165, 1.54) is 85.7 Å². The molecule has 10 aromatic carbocycles. The summed E-state index contributed by atoms with van der Waals surface area (Å²) in [5.41, 5.74) is 9.95. The summed E-state index contributed by atoms with van der Waals surface area (Å²) < 4.78 is 15.4. The molecule has 264 valence electrons. The fourth-order valence-electron chi connectivity index (χ4n) is 9.52. The second kappa shape index (κ2) is 11.7. The summed E-state index contributed by atoms with van der Waals surface area (Å²) in [6.07, 6.45) is 1.91. The number of furan rings is 2. The van der Waals surface area contributed by atoms with Gasteiger partial charge < -0.3 is 8.83 Å². The molecule has 2 nitrogen and oxygen atoms in total. The number of hydrogen-bond acceptors (Lipinski definition) is 3. The van der Waals surface area contributed by atoms with E-state index in [0.29, 0.717) is 0 Å². The van der Waals surface area contributed by atoms with Crippen molar-refractivity contribution in [1.29, 1.82) is 0 Å². The molecule has 3 heteroatoms. The van der Waals surface area contributed by atoms with Gasteiger partial charge in [-0.2, -0.15) is 0 Å². The molecule has 13 rings (SSSR count). The van der Waals surface area contributed by atoms with Crippen molar-refractivity contribution in [3.8, 4) is 33.4 Å². The molecule has 0 aliphatic heterocycles. The van der Waals surface area contributed by atoms with E-state index < -0.39 is 0 Å². The van der Waals surface area contributed by atoms with Gasteiger partial charge in [0.2, 0.25) is 0 Å². The first-order valence-corrected chi connectivity index (χ1v) is 20.2. The highest BCUT2D eigenvalue weighted by atomic mass is 32.1. The molecule has 57 heavy (non-hydrogen) atoms. The van der Waals surface area contributed by atoms with Crippen molar-refractivity contribution in [1.82, 2.24) is 0 Å². The highest BCUT2D eigenvalue weighted by Crippen LogP contribution is 2.49. The maximum atomic E-state index is 6.67. The normalized spacial score (nSPS) is 12.2. The lowest BCUT2D eigenvalue weighted by Gasteiger charge is -2.18. The smallest absolute Gasteiger partial charge is 0.143 e. The second-order valence-corrected chi connectivity index (χ2v) is 16.2. The third kappa shape index (κ3) is 4.46. The van der Waals surface area contributed by atoms with Crippen molar-refractivity contribution in [3.63, 3.8) is 0 Å². The van der Waals surface area contributed by atoms with E-state index in [9.17, 15) is 0 Å². The molecule has 0 unspecified atom stereocenters. The molecule has 0 N–H and O–H groups in total. The van der Waals surface area contributed by atoms with Crippen LogP contribution in [0.2, 0.25) is 0 Å².